The number of carbonyl (C=O) groups excluding carboxylic acids is 1. The molecule has 0 saturated carbocycles. The van der Waals surface area contributed by atoms with Crippen LogP contribution in [-0.4, -0.2) is 32.2 Å². The molecule has 1 heterocycles. The van der Waals surface area contributed by atoms with Gasteiger partial charge in [0.05, 0.1) is 18.8 Å². The van der Waals surface area contributed by atoms with Gasteiger partial charge in [-0.2, -0.15) is 13.2 Å². The summed E-state index contributed by atoms with van der Waals surface area (Å²) in [5.74, 6) is -2.14. The molecule has 0 aliphatic rings. The van der Waals surface area contributed by atoms with Gasteiger partial charge in [0.2, 0.25) is 21.8 Å². The summed E-state index contributed by atoms with van der Waals surface area (Å²) in [6, 6.07) is 6.04. The van der Waals surface area contributed by atoms with Gasteiger partial charge in [0.15, 0.2) is 0 Å². The summed E-state index contributed by atoms with van der Waals surface area (Å²) in [6.45, 7) is 3.27. The normalized spacial score (nSPS) is 12.5. The molecule has 2 N–H and O–H groups in total. The lowest BCUT2D eigenvalue weighted by Gasteiger charge is -2.16. The van der Waals surface area contributed by atoms with E-state index in [0.717, 1.165) is 24.8 Å². The number of carbonyl (C=O) groups is 1. The number of aromatic nitrogens is 1. The molecule has 1 atom stereocenters. The molecule has 12 heteroatoms. The van der Waals surface area contributed by atoms with Gasteiger partial charge < -0.3 is 10.1 Å². The Morgan fingerprint density at radius 1 is 1.14 bits per heavy atom. The number of hydrogen-bond donors (Lipinski definition) is 2. The number of benzene rings is 1. The Kier molecular flexibility index (Phi) is 11.1. The molecule has 2 rings (SSSR count). The van der Waals surface area contributed by atoms with E-state index in [1.165, 1.54) is 18.2 Å². The number of nitrogens with zero attached hydrogens (tertiary/aromatic N) is 1. The van der Waals surface area contributed by atoms with Crippen molar-refractivity contribution in [2.24, 2.45) is 0 Å². The molecule has 0 bridgehead atoms. The molecule has 0 aliphatic heterocycles. The van der Waals surface area contributed by atoms with Crippen LogP contribution in [-0.2, 0) is 34.1 Å². The van der Waals surface area contributed by atoms with Gasteiger partial charge >= 0.3 is 6.18 Å². The largest absolute Gasteiger partial charge is 0.477 e. The number of amides is 1. The maximum Gasteiger partial charge on any atom is 0.433 e. The molecule has 0 fully saturated rings. The standard InChI is InChI=1S/C22H27F4N3O4S.CH4/c1-4-5-10-33-21-17(8-9-19(29-21)22(24,25)26)12-27-20(30)14(2)15-6-7-16(18(23)11-15)13-28-34(3,31)32;/h6-9,11,14,28H,4-5,10,12-13H2,1-3H3,(H,27,30);1H4. The second-order valence-electron chi connectivity index (χ2n) is 7.74. The van der Waals surface area contributed by atoms with Gasteiger partial charge in [-0.15, -0.1) is 0 Å². The summed E-state index contributed by atoms with van der Waals surface area (Å²) < 4.78 is 83.3. The number of sulfonamides is 1. The van der Waals surface area contributed by atoms with Gasteiger partial charge in [-0.25, -0.2) is 22.5 Å². The number of halogens is 4. The second-order valence-corrected chi connectivity index (χ2v) is 9.58. The third-order valence-corrected chi connectivity index (χ3v) is 5.58. The SMILES string of the molecule is C.CCCCOc1nc(C(F)(F)F)ccc1CNC(=O)C(C)c1ccc(CNS(C)(=O)=O)c(F)c1. The highest BCUT2D eigenvalue weighted by atomic mass is 32.2. The van der Waals surface area contributed by atoms with E-state index in [4.69, 9.17) is 4.74 Å². The number of alkyl halides is 3. The van der Waals surface area contributed by atoms with E-state index < -0.39 is 39.5 Å². The molecule has 1 aromatic heterocycles. The van der Waals surface area contributed by atoms with Crippen molar-refractivity contribution < 1.29 is 35.5 Å². The lowest BCUT2D eigenvalue weighted by atomic mass is 9.98. The highest BCUT2D eigenvalue weighted by Gasteiger charge is 2.33. The fraction of sp³-hybridized carbons (Fsp3) is 0.478. The van der Waals surface area contributed by atoms with Crippen molar-refractivity contribution in [3.05, 3.63) is 58.5 Å². The third kappa shape index (κ3) is 9.44. The summed E-state index contributed by atoms with van der Waals surface area (Å²) >= 11 is 0. The average Bonchev–Trinajstić information content (AvgIpc) is 2.75. The topological polar surface area (TPSA) is 97.4 Å². The Labute approximate surface area is 203 Å². The number of hydrogen-bond acceptors (Lipinski definition) is 5. The molecule has 0 aliphatic carbocycles. The maximum absolute atomic E-state index is 14.4. The van der Waals surface area contributed by atoms with E-state index in [0.29, 0.717) is 12.0 Å². The minimum atomic E-state index is -4.63. The van der Waals surface area contributed by atoms with Gasteiger partial charge in [-0.05, 0) is 37.1 Å². The smallest absolute Gasteiger partial charge is 0.433 e. The molecule has 35 heavy (non-hydrogen) atoms. The van der Waals surface area contributed by atoms with Crippen LogP contribution in [0.3, 0.4) is 0 Å². The predicted molar refractivity (Wildman–Crippen MR) is 125 cm³/mol. The van der Waals surface area contributed by atoms with Gasteiger partial charge in [-0.1, -0.05) is 32.9 Å². The second kappa shape index (κ2) is 12.8. The lowest BCUT2D eigenvalue weighted by molar-refractivity contribution is -0.141. The van der Waals surface area contributed by atoms with E-state index in [1.54, 1.807) is 6.92 Å². The first kappa shape index (κ1) is 30.3. The molecular formula is C23H31F4N3O4S. The van der Waals surface area contributed by atoms with Crippen molar-refractivity contribution in [2.45, 2.75) is 59.3 Å². The number of unbranched alkanes of at least 4 members (excludes halogenated alkanes) is 1. The zero-order valence-corrected chi connectivity index (χ0v) is 19.8. The first-order valence-corrected chi connectivity index (χ1v) is 12.4. The highest BCUT2D eigenvalue weighted by molar-refractivity contribution is 7.88. The number of pyridine rings is 1. The predicted octanol–water partition coefficient (Wildman–Crippen LogP) is 4.52. The van der Waals surface area contributed by atoms with Crippen LogP contribution in [0.15, 0.2) is 30.3 Å². The van der Waals surface area contributed by atoms with Crippen molar-refractivity contribution in [3.8, 4) is 5.88 Å². The maximum atomic E-state index is 14.4. The van der Waals surface area contributed by atoms with E-state index in [1.807, 2.05) is 6.92 Å². The van der Waals surface area contributed by atoms with E-state index >= 15 is 0 Å². The van der Waals surface area contributed by atoms with Gasteiger partial charge in [0.1, 0.15) is 11.5 Å². The van der Waals surface area contributed by atoms with Crippen molar-refractivity contribution in [2.75, 3.05) is 12.9 Å². The van der Waals surface area contributed by atoms with Crippen molar-refractivity contribution >= 4 is 15.9 Å². The van der Waals surface area contributed by atoms with Crippen molar-refractivity contribution in [1.29, 1.82) is 0 Å². The fourth-order valence-corrected chi connectivity index (χ4v) is 3.29. The Morgan fingerprint density at radius 3 is 2.37 bits per heavy atom. The molecular weight excluding hydrogens is 490 g/mol. The van der Waals surface area contributed by atoms with Crippen LogP contribution >= 0.6 is 0 Å². The fourth-order valence-electron chi connectivity index (χ4n) is 2.87. The van der Waals surface area contributed by atoms with Gasteiger partial charge in [0, 0.05) is 24.2 Å². The Hall–Kier alpha value is -2.73. The Morgan fingerprint density at radius 2 is 1.80 bits per heavy atom. The molecule has 196 valence electrons. The van der Waals surface area contributed by atoms with E-state index in [2.05, 4.69) is 15.0 Å². The average molecular weight is 522 g/mol. The zero-order chi connectivity index (χ0) is 25.5. The van der Waals surface area contributed by atoms with Crippen LogP contribution in [0.1, 0.15) is 62.4 Å². The number of ether oxygens (including phenoxy) is 1. The molecule has 1 amide bonds. The molecule has 7 nitrogen and oxygen atoms in total. The first-order chi connectivity index (χ1) is 15.8. The first-order valence-electron chi connectivity index (χ1n) is 10.5. The third-order valence-electron chi connectivity index (χ3n) is 4.91. The molecule has 1 aromatic carbocycles. The molecule has 0 radical (unpaired) electrons. The van der Waals surface area contributed by atoms with Crippen LogP contribution in [0.2, 0.25) is 0 Å². The molecule has 1 unspecified atom stereocenters. The summed E-state index contributed by atoms with van der Waals surface area (Å²) in [5, 5.41) is 2.61. The van der Waals surface area contributed by atoms with Crippen molar-refractivity contribution in [1.82, 2.24) is 15.0 Å². The van der Waals surface area contributed by atoms with Crippen LogP contribution in [0.5, 0.6) is 5.88 Å². The minimum Gasteiger partial charge on any atom is -0.477 e. The number of nitrogens with one attached hydrogen (secondary N) is 2. The summed E-state index contributed by atoms with van der Waals surface area (Å²) in [7, 11) is -3.49. The Balaban J connectivity index is 0.00000612. The van der Waals surface area contributed by atoms with E-state index in [-0.39, 0.29) is 44.1 Å². The summed E-state index contributed by atoms with van der Waals surface area (Å²) in [5.41, 5.74) is -0.351. The molecule has 0 spiro atoms. The van der Waals surface area contributed by atoms with Crippen LogP contribution < -0.4 is 14.8 Å². The van der Waals surface area contributed by atoms with Crippen LogP contribution in [0, 0.1) is 5.82 Å². The van der Waals surface area contributed by atoms with Gasteiger partial charge in [0.25, 0.3) is 0 Å². The summed E-state index contributed by atoms with van der Waals surface area (Å²) in [6.07, 6.45) is -2.27. The minimum absolute atomic E-state index is 0. The zero-order valence-electron chi connectivity index (χ0n) is 19.0. The van der Waals surface area contributed by atoms with Crippen LogP contribution in [0.25, 0.3) is 0 Å². The van der Waals surface area contributed by atoms with Gasteiger partial charge in [-0.3, -0.25) is 4.79 Å². The summed E-state index contributed by atoms with van der Waals surface area (Å²) in [4.78, 5) is 16.2. The van der Waals surface area contributed by atoms with E-state index in [9.17, 15) is 30.8 Å². The quantitative estimate of drug-likeness (QED) is 0.335. The van der Waals surface area contributed by atoms with Crippen molar-refractivity contribution in [3.63, 3.8) is 0 Å². The molecule has 0 saturated heterocycles. The lowest BCUT2D eigenvalue weighted by Crippen LogP contribution is -2.28. The Bertz CT molecular complexity index is 1110. The highest BCUT2D eigenvalue weighted by Crippen LogP contribution is 2.30. The molecule has 2 aromatic rings. The van der Waals surface area contributed by atoms with Crippen LogP contribution in [0.4, 0.5) is 17.6 Å². The monoisotopic (exact) mass is 521 g/mol. The number of rotatable bonds is 11.